The second-order valence-electron chi connectivity index (χ2n) is 4.11. The third-order valence-corrected chi connectivity index (χ3v) is 2.89. The fraction of sp³-hybridized carbons (Fsp3) is 0.267. The molecular weight excluding hydrogens is 224 g/mol. The molecule has 0 amide bonds. The first-order valence-corrected chi connectivity index (χ1v) is 6.18. The zero-order chi connectivity index (χ0) is 12.8. The minimum atomic E-state index is 0.363. The topological polar surface area (TPSA) is 34.1 Å². The minimum Gasteiger partial charge on any atom is -0.456 e. The van der Waals surface area contributed by atoms with E-state index in [0.717, 1.165) is 17.9 Å². The largest absolute Gasteiger partial charge is 0.456 e. The summed E-state index contributed by atoms with van der Waals surface area (Å²) >= 11 is 0. The van der Waals surface area contributed by atoms with Gasteiger partial charge in [-0.3, -0.25) is 4.98 Å². The first kappa shape index (κ1) is 12.6. The van der Waals surface area contributed by atoms with Crippen molar-refractivity contribution in [2.45, 2.75) is 19.4 Å². The first-order chi connectivity index (χ1) is 8.83. The molecule has 1 atom stereocenters. The highest BCUT2D eigenvalue weighted by molar-refractivity contribution is 5.34. The van der Waals surface area contributed by atoms with Crippen molar-refractivity contribution in [1.82, 2.24) is 10.3 Å². The molecule has 2 rings (SSSR count). The minimum absolute atomic E-state index is 0.363. The van der Waals surface area contributed by atoms with Gasteiger partial charge in [-0.25, -0.2) is 0 Å². The van der Waals surface area contributed by atoms with Gasteiger partial charge in [0.05, 0.1) is 6.20 Å². The molecule has 0 aliphatic heterocycles. The van der Waals surface area contributed by atoms with Crippen LogP contribution in [-0.2, 0) is 0 Å². The van der Waals surface area contributed by atoms with Crippen molar-refractivity contribution in [1.29, 1.82) is 0 Å². The summed E-state index contributed by atoms with van der Waals surface area (Å²) in [7, 11) is 1.98. The van der Waals surface area contributed by atoms with Gasteiger partial charge in [-0.05, 0) is 43.3 Å². The van der Waals surface area contributed by atoms with Crippen molar-refractivity contribution in [3.63, 3.8) is 0 Å². The fourth-order valence-corrected chi connectivity index (χ4v) is 1.94. The van der Waals surface area contributed by atoms with Gasteiger partial charge in [-0.15, -0.1) is 0 Å². The Kier molecular flexibility index (Phi) is 4.31. The summed E-state index contributed by atoms with van der Waals surface area (Å²) in [6.07, 6.45) is 4.49. The summed E-state index contributed by atoms with van der Waals surface area (Å²) in [5.41, 5.74) is 1.24. The van der Waals surface area contributed by atoms with Gasteiger partial charge in [0.15, 0.2) is 0 Å². The number of aromatic nitrogens is 1. The van der Waals surface area contributed by atoms with Gasteiger partial charge in [-0.2, -0.15) is 0 Å². The zero-order valence-electron chi connectivity index (χ0n) is 10.8. The fourth-order valence-electron chi connectivity index (χ4n) is 1.94. The van der Waals surface area contributed by atoms with E-state index in [1.54, 1.807) is 12.4 Å². The van der Waals surface area contributed by atoms with Crippen LogP contribution < -0.4 is 10.1 Å². The standard InChI is InChI=1S/C15H18N2O/c1-3-15(16-2)12-6-4-7-13(10-12)18-14-8-5-9-17-11-14/h4-11,15-16H,3H2,1-2H3. The van der Waals surface area contributed by atoms with E-state index in [0.29, 0.717) is 6.04 Å². The maximum atomic E-state index is 5.77. The predicted molar refractivity (Wildman–Crippen MR) is 72.8 cm³/mol. The highest BCUT2D eigenvalue weighted by atomic mass is 16.5. The van der Waals surface area contributed by atoms with Crippen LogP contribution in [0.4, 0.5) is 0 Å². The average Bonchev–Trinajstić information content (AvgIpc) is 2.42. The van der Waals surface area contributed by atoms with Crippen molar-refractivity contribution in [3.8, 4) is 11.5 Å². The summed E-state index contributed by atoms with van der Waals surface area (Å²) in [6, 6.07) is 12.3. The Labute approximate surface area is 108 Å². The zero-order valence-corrected chi connectivity index (χ0v) is 10.8. The second kappa shape index (κ2) is 6.17. The van der Waals surface area contributed by atoms with Gasteiger partial charge in [0, 0.05) is 12.2 Å². The third kappa shape index (κ3) is 3.08. The van der Waals surface area contributed by atoms with E-state index in [1.807, 2.05) is 31.3 Å². The van der Waals surface area contributed by atoms with E-state index < -0.39 is 0 Å². The lowest BCUT2D eigenvalue weighted by Crippen LogP contribution is -2.14. The van der Waals surface area contributed by atoms with Crippen molar-refractivity contribution >= 4 is 0 Å². The second-order valence-corrected chi connectivity index (χ2v) is 4.11. The van der Waals surface area contributed by atoms with E-state index >= 15 is 0 Å². The Bertz CT molecular complexity index is 481. The molecule has 2 aromatic rings. The van der Waals surface area contributed by atoms with Crippen molar-refractivity contribution < 1.29 is 4.74 Å². The Morgan fingerprint density at radius 3 is 2.72 bits per heavy atom. The molecule has 1 heterocycles. The van der Waals surface area contributed by atoms with Crippen LogP contribution in [0.5, 0.6) is 11.5 Å². The van der Waals surface area contributed by atoms with Gasteiger partial charge in [0.2, 0.25) is 0 Å². The predicted octanol–water partition coefficient (Wildman–Crippen LogP) is 3.54. The maximum absolute atomic E-state index is 5.77. The van der Waals surface area contributed by atoms with Crippen LogP contribution in [0.25, 0.3) is 0 Å². The van der Waals surface area contributed by atoms with Crippen molar-refractivity contribution in [2.24, 2.45) is 0 Å². The molecule has 3 nitrogen and oxygen atoms in total. The Hall–Kier alpha value is -1.87. The lowest BCUT2D eigenvalue weighted by molar-refractivity contribution is 0.477. The Morgan fingerprint density at radius 2 is 2.06 bits per heavy atom. The van der Waals surface area contributed by atoms with E-state index in [9.17, 15) is 0 Å². The van der Waals surface area contributed by atoms with Gasteiger partial charge in [0.25, 0.3) is 0 Å². The highest BCUT2D eigenvalue weighted by Crippen LogP contribution is 2.25. The van der Waals surface area contributed by atoms with Gasteiger partial charge >= 0.3 is 0 Å². The summed E-state index contributed by atoms with van der Waals surface area (Å²) in [5.74, 6) is 1.60. The normalized spacial score (nSPS) is 12.1. The quantitative estimate of drug-likeness (QED) is 0.870. The first-order valence-electron chi connectivity index (χ1n) is 6.18. The molecule has 3 heteroatoms. The van der Waals surface area contributed by atoms with E-state index in [-0.39, 0.29) is 0 Å². The average molecular weight is 242 g/mol. The molecule has 1 N–H and O–H groups in total. The number of hydrogen-bond acceptors (Lipinski definition) is 3. The smallest absolute Gasteiger partial charge is 0.145 e. The lowest BCUT2D eigenvalue weighted by Gasteiger charge is -2.15. The molecule has 1 aromatic heterocycles. The number of rotatable bonds is 5. The SMILES string of the molecule is CCC(NC)c1cccc(Oc2cccnc2)c1. The van der Waals surface area contributed by atoms with E-state index in [2.05, 4.69) is 29.4 Å². The number of ether oxygens (including phenoxy) is 1. The molecule has 1 aromatic carbocycles. The molecule has 0 aliphatic carbocycles. The van der Waals surface area contributed by atoms with Crippen molar-refractivity contribution in [2.75, 3.05) is 7.05 Å². The Balaban J connectivity index is 2.17. The molecule has 0 saturated carbocycles. The van der Waals surface area contributed by atoms with Crippen LogP contribution in [0.2, 0.25) is 0 Å². The molecule has 1 unspecified atom stereocenters. The van der Waals surface area contributed by atoms with E-state index in [4.69, 9.17) is 4.74 Å². The number of pyridine rings is 1. The van der Waals surface area contributed by atoms with Crippen LogP contribution >= 0.6 is 0 Å². The van der Waals surface area contributed by atoms with Crippen LogP contribution in [0.15, 0.2) is 48.8 Å². The van der Waals surface area contributed by atoms with Gasteiger partial charge < -0.3 is 10.1 Å². The highest BCUT2D eigenvalue weighted by Gasteiger charge is 2.07. The van der Waals surface area contributed by atoms with Crippen molar-refractivity contribution in [3.05, 3.63) is 54.4 Å². The molecular formula is C15H18N2O. The maximum Gasteiger partial charge on any atom is 0.145 e. The molecule has 0 bridgehead atoms. The number of benzene rings is 1. The van der Waals surface area contributed by atoms with Crippen LogP contribution in [0, 0.1) is 0 Å². The van der Waals surface area contributed by atoms with Crippen LogP contribution in [-0.4, -0.2) is 12.0 Å². The summed E-state index contributed by atoms with van der Waals surface area (Å²) in [5, 5.41) is 3.29. The summed E-state index contributed by atoms with van der Waals surface area (Å²) < 4.78 is 5.77. The molecule has 0 radical (unpaired) electrons. The number of hydrogen-bond donors (Lipinski definition) is 1. The number of nitrogens with one attached hydrogen (secondary N) is 1. The molecule has 0 saturated heterocycles. The monoisotopic (exact) mass is 242 g/mol. The Morgan fingerprint density at radius 1 is 1.22 bits per heavy atom. The lowest BCUT2D eigenvalue weighted by atomic mass is 10.0. The van der Waals surface area contributed by atoms with Gasteiger partial charge in [0.1, 0.15) is 11.5 Å². The molecule has 0 aliphatic rings. The third-order valence-electron chi connectivity index (χ3n) is 2.89. The molecule has 0 fully saturated rings. The molecule has 0 spiro atoms. The van der Waals surface area contributed by atoms with Crippen LogP contribution in [0.1, 0.15) is 24.9 Å². The van der Waals surface area contributed by atoms with E-state index in [1.165, 1.54) is 5.56 Å². The molecule has 18 heavy (non-hydrogen) atoms. The summed E-state index contributed by atoms with van der Waals surface area (Å²) in [6.45, 7) is 2.16. The molecule has 94 valence electrons. The van der Waals surface area contributed by atoms with Gasteiger partial charge in [-0.1, -0.05) is 19.1 Å². The van der Waals surface area contributed by atoms with Crippen LogP contribution in [0.3, 0.4) is 0 Å². The number of nitrogens with zero attached hydrogens (tertiary/aromatic N) is 1. The summed E-state index contributed by atoms with van der Waals surface area (Å²) in [4.78, 5) is 4.03.